The molecule has 1 atom stereocenters. The van der Waals surface area contributed by atoms with Crippen molar-refractivity contribution in [2.24, 2.45) is 11.7 Å². The van der Waals surface area contributed by atoms with Crippen molar-refractivity contribution in [1.82, 2.24) is 4.98 Å². The van der Waals surface area contributed by atoms with Gasteiger partial charge in [0.05, 0.1) is 17.1 Å². The summed E-state index contributed by atoms with van der Waals surface area (Å²) < 4.78 is 0. The summed E-state index contributed by atoms with van der Waals surface area (Å²) in [6.07, 6.45) is 2.08. The zero-order valence-corrected chi connectivity index (χ0v) is 12.2. The van der Waals surface area contributed by atoms with Gasteiger partial charge in [0.25, 0.3) is 0 Å². The van der Waals surface area contributed by atoms with Gasteiger partial charge in [-0.15, -0.1) is 12.4 Å². The molecule has 0 aliphatic heterocycles. The Labute approximate surface area is 117 Å². The number of nitrogens with one attached hydrogen (secondary N) is 1. The summed E-state index contributed by atoms with van der Waals surface area (Å²) in [4.78, 5) is 27.2. The third kappa shape index (κ3) is 5.12. The van der Waals surface area contributed by atoms with Gasteiger partial charge < -0.3 is 11.1 Å². The van der Waals surface area contributed by atoms with Gasteiger partial charge >= 0.3 is 0 Å². The average molecular weight is 292 g/mol. The van der Waals surface area contributed by atoms with E-state index in [0.29, 0.717) is 22.3 Å². The van der Waals surface area contributed by atoms with E-state index in [9.17, 15) is 9.59 Å². The van der Waals surface area contributed by atoms with Crippen LogP contribution in [-0.2, 0) is 4.79 Å². The van der Waals surface area contributed by atoms with E-state index in [0.717, 1.165) is 11.3 Å². The second kappa shape index (κ2) is 7.45. The van der Waals surface area contributed by atoms with Crippen molar-refractivity contribution in [1.29, 1.82) is 0 Å². The second-order valence-electron chi connectivity index (χ2n) is 4.31. The summed E-state index contributed by atoms with van der Waals surface area (Å²) in [6.45, 7) is 5.47. The molecular weight excluding hydrogens is 274 g/mol. The molecule has 1 amide bonds. The highest BCUT2D eigenvalue weighted by molar-refractivity contribution is 7.17. The minimum absolute atomic E-state index is 0. The molecule has 1 aromatic heterocycles. The lowest BCUT2D eigenvalue weighted by molar-refractivity contribution is -0.117. The number of amides is 1. The molecule has 0 radical (unpaired) electrons. The molecule has 0 aromatic carbocycles. The summed E-state index contributed by atoms with van der Waals surface area (Å²) in [5, 5.41) is 3.03. The number of carbonyl (C=O) groups excluding carboxylic acids is 2. The lowest BCUT2D eigenvalue weighted by Gasteiger charge is -2.12. The van der Waals surface area contributed by atoms with E-state index in [-0.39, 0.29) is 24.1 Å². The lowest BCUT2D eigenvalue weighted by Crippen LogP contribution is -2.36. The fourth-order valence-corrected chi connectivity index (χ4v) is 2.02. The number of ketones is 1. The number of anilines is 1. The molecule has 0 saturated carbocycles. The SMILES string of the molecule is CC(=O)c1cnc(NC(=O)[C@@H](N)CC(C)C)s1.Cl. The van der Waals surface area contributed by atoms with E-state index >= 15 is 0 Å². The first-order valence-corrected chi connectivity index (χ1v) is 6.25. The van der Waals surface area contributed by atoms with Crippen molar-refractivity contribution >= 4 is 40.6 Å². The summed E-state index contributed by atoms with van der Waals surface area (Å²) in [6, 6.07) is -0.542. The van der Waals surface area contributed by atoms with Crippen LogP contribution in [0.3, 0.4) is 0 Å². The van der Waals surface area contributed by atoms with E-state index in [2.05, 4.69) is 10.3 Å². The standard InChI is InChI=1S/C11H17N3O2S.ClH/c1-6(2)4-8(12)10(16)14-11-13-5-9(17-11)7(3)15;/h5-6,8H,4,12H2,1-3H3,(H,13,14,16);1H/t8-;/m0./s1. The van der Waals surface area contributed by atoms with Crippen LogP contribution in [-0.4, -0.2) is 22.7 Å². The van der Waals surface area contributed by atoms with Gasteiger partial charge in [-0.2, -0.15) is 0 Å². The normalized spacial score (nSPS) is 11.8. The Balaban J connectivity index is 0.00000289. The minimum atomic E-state index is -0.542. The first-order valence-electron chi connectivity index (χ1n) is 5.43. The van der Waals surface area contributed by atoms with Crippen LogP contribution in [0, 0.1) is 5.92 Å². The van der Waals surface area contributed by atoms with Crippen LogP contribution in [0.1, 0.15) is 36.9 Å². The van der Waals surface area contributed by atoms with Gasteiger partial charge in [-0.25, -0.2) is 4.98 Å². The fourth-order valence-electron chi connectivity index (χ4n) is 1.31. The van der Waals surface area contributed by atoms with Crippen LogP contribution in [0.25, 0.3) is 0 Å². The molecule has 1 heterocycles. The Bertz CT molecular complexity index is 420. The topological polar surface area (TPSA) is 85.1 Å². The Morgan fingerprint density at radius 3 is 2.56 bits per heavy atom. The molecule has 1 rings (SSSR count). The molecule has 1 aromatic rings. The number of nitrogens with two attached hydrogens (primary N) is 1. The van der Waals surface area contributed by atoms with E-state index < -0.39 is 6.04 Å². The van der Waals surface area contributed by atoms with Gasteiger partial charge in [-0.05, 0) is 12.3 Å². The molecule has 3 N–H and O–H groups in total. The van der Waals surface area contributed by atoms with Crippen molar-refractivity contribution in [3.05, 3.63) is 11.1 Å². The van der Waals surface area contributed by atoms with E-state index in [1.165, 1.54) is 13.1 Å². The molecule has 102 valence electrons. The molecule has 0 bridgehead atoms. The number of halogens is 1. The highest BCUT2D eigenvalue weighted by Crippen LogP contribution is 2.18. The van der Waals surface area contributed by atoms with Crippen LogP contribution in [0.5, 0.6) is 0 Å². The minimum Gasteiger partial charge on any atom is -0.320 e. The monoisotopic (exact) mass is 291 g/mol. The second-order valence-corrected chi connectivity index (χ2v) is 5.34. The van der Waals surface area contributed by atoms with E-state index in [1.807, 2.05) is 13.8 Å². The summed E-state index contributed by atoms with van der Waals surface area (Å²) >= 11 is 1.16. The molecule has 0 saturated heterocycles. The molecule has 18 heavy (non-hydrogen) atoms. The fraction of sp³-hybridized carbons (Fsp3) is 0.545. The summed E-state index contributed by atoms with van der Waals surface area (Å²) in [5.74, 6) is 0.0393. The number of carbonyl (C=O) groups is 2. The molecule has 5 nitrogen and oxygen atoms in total. The van der Waals surface area contributed by atoms with Crippen molar-refractivity contribution in [3.63, 3.8) is 0 Å². The maximum atomic E-state index is 11.7. The molecule has 0 fully saturated rings. The quantitative estimate of drug-likeness (QED) is 0.813. The third-order valence-electron chi connectivity index (χ3n) is 2.14. The molecule has 0 aliphatic rings. The van der Waals surface area contributed by atoms with Crippen LogP contribution < -0.4 is 11.1 Å². The van der Waals surface area contributed by atoms with Crippen molar-refractivity contribution in [2.45, 2.75) is 33.2 Å². The van der Waals surface area contributed by atoms with Crippen LogP contribution >= 0.6 is 23.7 Å². The predicted octanol–water partition coefficient (Wildman–Crippen LogP) is 2.08. The number of rotatable bonds is 5. The molecule has 0 unspecified atom stereocenters. The lowest BCUT2D eigenvalue weighted by atomic mass is 10.0. The highest BCUT2D eigenvalue weighted by atomic mass is 35.5. The maximum absolute atomic E-state index is 11.7. The Kier molecular flexibility index (Phi) is 7.05. The summed E-state index contributed by atoms with van der Waals surface area (Å²) in [5.41, 5.74) is 5.73. The third-order valence-corrected chi connectivity index (χ3v) is 3.16. The van der Waals surface area contributed by atoms with Crippen LogP contribution in [0.15, 0.2) is 6.20 Å². The first kappa shape index (κ1) is 17.0. The smallest absolute Gasteiger partial charge is 0.243 e. The van der Waals surface area contributed by atoms with Crippen molar-refractivity contribution in [3.8, 4) is 0 Å². The van der Waals surface area contributed by atoms with Crippen LogP contribution in [0.2, 0.25) is 0 Å². The highest BCUT2D eigenvalue weighted by Gasteiger charge is 2.16. The number of hydrogen-bond acceptors (Lipinski definition) is 5. The number of Topliss-reactive ketones (excluding diaryl/α,β-unsaturated/α-hetero) is 1. The van der Waals surface area contributed by atoms with Gasteiger partial charge in [0.2, 0.25) is 5.91 Å². The maximum Gasteiger partial charge on any atom is 0.243 e. The Morgan fingerprint density at radius 1 is 1.50 bits per heavy atom. The zero-order chi connectivity index (χ0) is 13.0. The van der Waals surface area contributed by atoms with E-state index in [1.54, 1.807) is 0 Å². The summed E-state index contributed by atoms with van der Waals surface area (Å²) in [7, 11) is 0. The van der Waals surface area contributed by atoms with Gasteiger partial charge in [0.1, 0.15) is 0 Å². The number of hydrogen-bond donors (Lipinski definition) is 2. The number of nitrogens with zero attached hydrogens (tertiary/aromatic N) is 1. The van der Waals surface area contributed by atoms with Gasteiger partial charge in [-0.3, -0.25) is 9.59 Å². The first-order chi connectivity index (χ1) is 7.90. The van der Waals surface area contributed by atoms with Crippen molar-refractivity contribution in [2.75, 3.05) is 5.32 Å². The number of aromatic nitrogens is 1. The Morgan fingerprint density at radius 2 is 2.11 bits per heavy atom. The van der Waals surface area contributed by atoms with Gasteiger partial charge in [0, 0.05) is 6.92 Å². The van der Waals surface area contributed by atoms with Crippen LogP contribution in [0.4, 0.5) is 5.13 Å². The molecule has 0 aliphatic carbocycles. The largest absolute Gasteiger partial charge is 0.320 e. The zero-order valence-electron chi connectivity index (χ0n) is 10.6. The molecule has 0 spiro atoms. The Hall–Kier alpha value is -0.980. The average Bonchev–Trinajstić information content (AvgIpc) is 2.65. The molecule has 7 heteroatoms. The van der Waals surface area contributed by atoms with Gasteiger partial charge in [-0.1, -0.05) is 25.2 Å². The van der Waals surface area contributed by atoms with Gasteiger partial charge in [0.15, 0.2) is 10.9 Å². The molecular formula is C11H18ClN3O2S. The van der Waals surface area contributed by atoms with E-state index in [4.69, 9.17) is 5.73 Å². The number of thiazole rings is 1. The van der Waals surface area contributed by atoms with Crippen molar-refractivity contribution < 1.29 is 9.59 Å². The predicted molar refractivity (Wildman–Crippen MR) is 75.4 cm³/mol.